The Morgan fingerprint density at radius 1 is 1.40 bits per heavy atom. The number of thiophene rings is 1. The van der Waals surface area contributed by atoms with E-state index in [4.69, 9.17) is 5.73 Å². The average molecular weight is 239 g/mol. The van der Waals surface area contributed by atoms with Crippen molar-refractivity contribution in [2.75, 3.05) is 0 Å². The molecule has 2 heterocycles. The average Bonchev–Trinajstić information content (AvgIpc) is 2.88. The van der Waals surface area contributed by atoms with E-state index in [1.165, 1.54) is 16.4 Å². The van der Waals surface area contributed by atoms with E-state index >= 15 is 0 Å². The zero-order chi connectivity index (χ0) is 10.8. The Morgan fingerprint density at radius 2 is 2.20 bits per heavy atom. The van der Waals surface area contributed by atoms with Gasteiger partial charge in [0.15, 0.2) is 0 Å². The molecule has 0 bridgehead atoms. The molecule has 0 aliphatic carbocycles. The molecule has 15 heavy (non-hydrogen) atoms. The Morgan fingerprint density at radius 3 is 2.80 bits per heavy atom. The maximum atomic E-state index is 6.18. The zero-order valence-electron chi connectivity index (χ0n) is 8.68. The summed E-state index contributed by atoms with van der Waals surface area (Å²) in [5.41, 5.74) is 7.21. The molecule has 3 nitrogen and oxygen atoms in total. The standard InChI is InChI=1S/C10H13N3S2/c1-6(2)9-10(15-13-12-9)8(11)7-4-3-5-14-7/h3-6,8H,11H2,1-2H3. The SMILES string of the molecule is CC(C)c1nnsc1C(N)c1cccs1. The van der Waals surface area contributed by atoms with Gasteiger partial charge in [-0.3, -0.25) is 0 Å². The van der Waals surface area contributed by atoms with Crippen LogP contribution in [-0.2, 0) is 0 Å². The lowest BCUT2D eigenvalue weighted by Gasteiger charge is -2.09. The normalized spacial score (nSPS) is 13.3. The van der Waals surface area contributed by atoms with Crippen LogP contribution in [-0.4, -0.2) is 9.59 Å². The molecule has 0 saturated heterocycles. The highest BCUT2D eigenvalue weighted by Gasteiger charge is 2.19. The maximum Gasteiger partial charge on any atom is 0.0832 e. The van der Waals surface area contributed by atoms with Gasteiger partial charge in [-0.1, -0.05) is 24.4 Å². The summed E-state index contributed by atoms with van der Waals surface area (Å²) in [5, 5.41) is 6.18. The Kier molecular flexibility index (Phi) is 3.14. The first-order valence-corrected chi connectivity index (χ1v) is 6.46. The number of hydrogen-bond acceptors (Lipinski definition) is 5. The molecule has 2 rings (SSSR count). The van der Waals surface area contributed by atoms with Gasteiger partial charge in [0.25, 0.3) is 0 Å². The second kappa shape index (κ2) is 4.38. The molecule has 0 aliphatic rings. The smallest absolute Gasteiger partial charge is 0.0832 e. The summed E-state index contributed by atoms with van der Waals surface area (Å²) in [7, 11) is 0. The minimum atomic E-state index is -0.0672. The third-order valence-electron chi connectivity index (χ3n) is 2.22. The predicted octanol–water partition coefficient (Wildman–Crippen LogP) is 2.77. The van der Waals surface area contributed by atoms with Crippen molar-refractivity contribution in [1.82, 2.24) is 9.59 Å². The van der Waals surface area contributed by atoms with E-state index in [0.717, 1.165) is 10.6 Å². The third kappa shape index (κ3) is 2.09. The van der Waals surface area contributed by atoms with Crippen LogP contribution in [0.5, 0.6) is 0 Å². The number of aromatic nitrogens is 2. The first-order valence-electron chi connectivity index (χ1n) is 4.81. The summed E-state index contributed by atoms with van der Waals surface area (Å²) in [6.07, 6.45) is 0. The Labute approximate surface area is 97.1 Å². The van der Waals surface area contributed by atoms with Gasteiger partial charge in [0.1, 0.15) is 0 Å². The van der Waals surface area contributed by atoms with Crippen molar-refractivity contribution in [1.29, 1.82) is 0 Å². The van der Waals surface area contributed by atoms with Gasteiger partial charge in [-0.2, -0.15) is 0 Å². The van der Waals surface area contributed by atoms with Crippen molar-refractivity contribution in [2.45, 2.75) is 25.8 Å². The van der Waals surface area contributed by atoms with Gasteiger partial charge in [-0.05, 0) is 28.9 Å². The Balaban J connectivity index is 2.33. The monoisotopic (exact) mass is 239 g/mol. The predicted molar refractivity (Wildman–Crippen MR) is 64.3 cm³/mol. The maximum absolute atomic E-state index is 6.18. The molecule has 0 amide bonds. The van der Waals surface area contributed by atoms with E-state index in [1.54, 1.807) is 11.3 Å². The van der Waals surface area contributed by atoms with E-state index in [-0.39, 0.29) is 6.04 Å². The zero-order valence-corrected chi connectivity index (χ0v) is 10.3. The molecule has 0 aliphatic heterocycles. The summed E-state index contributed by atoms with van der Waals surface area (Å²) in [6.45, 7) is 4.22. The Hall–Kier alpha value is -0.780. The van der Waals surface area contributed by atoms with E-state index in [1.807, 2.05) is 11.4 Å². The molecule has 0 radical (unpaired) electrons. The van der Waals surface area contributed by atoms with Crippen LogP contribution >= 0.6 is 22.9 Å². The summed E-state index contributed by atoms with van der Waals surface area (Å²) in [4.78, 5) is 2.26. The fourth-order valence-electron chi connectivity index (χ4n) is 1.42. The topological polar surface area (TPSA) is 51.8 Å². The van der Waals surface area contributed by atoms with E-state index in [9.17, 15) is 0 Å². The second-order valence-corrected chi connectivity index (χ2v) is 5.44. The lowest BCUT2D eigenvalue weighted by Crippen LogP contribution is -2.11. The molecular weight excluding hydrogens is 226 g/mol. The highest BCUT2D eigenvalue weighted by Crippen LogP contribution is 2.30. The second-order valence-electron chi connectivity index (χ2n) is 3.67. The summed E-state index contributed by atoms with van der Waals surface area (Å²) >= 11 is 3.08. The summed E-state index contributed by atoms with van der Waals surface area (Å²) < 4.78 is 3.99. The van der Waals surface area contributed by atoms with Gasteiger partial charge in [0, 0.05) is 4.88 Å². The molecular formula is C10H13N3S2. The molecule has 1 unspecified atom stereocenters. The van der Waals surface area contributed by atoms with Gasteiger partial charge in [0.2, 0.25) is 0 Å². The first kappa shape index (κ1) is 10.7. The molecule has 0 spiro atoms. The van der Waals surface area contributed by atoms with Crippen molar-refractivity contribution in [3.63, 3.8) is 0 Å². The molecule has 0 aromatic carbocycles. The molecule has 5 heteroatoms. The molecule has 2 aromatic rings. The Bertz CT molecular complexity index is 420. The summed E-state index contributed by atoms with van der Waals surface area (Å²) in [6, 6.07) is 4.00. The van der Waals surface area contributed by atoms with Crippen LogP contribution in [0.2, 0.25) is 0 Å². The highest BCUT2D eigenvalue weighted by molar-refractivity contribution is 7.10. The van der Waals surface area contributed by atoms with Crippen molar-refractivity contribution >= 4 is 22.9 Å². The molecule has 0 fully saturated rings. The first-order chi connectivity index (χ1) is 7.20. The highest BCUT2D eigenvalue weighted by atomic mass is 32.1. The van der Waals surface area contributed by atoms with Crippen LogP contribution in [0, 0.1) is 0 Å². The minimum absolute atomic E-state index is 0.0672. The van der Waals surface area contributed by atoms with Gasteiger partial charge < -0.3 is 5.73 Å². The van der Waals surface area contributed by atoms with Crippen LogP contribution < -0.4 is 5.73 Å². The lowest BCUT2D eigenvalue weighted by atomic mass is 10.1. The van der Waals surface area contributed by atoms with Crippen LogP contribution in [0.3, 0.4) is 0 Å². The summed E-state index contributed by atoms with van der Waals surface area (Å²) in [5.74, 6) is 0.379. The van der Waals surface area contributed by atoms with Gasteiger partial charge in [0.05, 0.1) is 16.6 Å². The fourth-order valence-corrected chi connectivity index (χ4v) is 3.06. The van der Waals surface area contributed by atoms with E-state index < -0.39 is 0 Å². The van der Waals surface area contributed by atoms with E-state index in [2.05, 4.69) is 29.5 Å². The van der Waals surface area contributed by atoms with Crippen molar-refractivity contribution < 1.29 is 0 Å². The third-order valence-corrected chi connectivity index (χ3v) is 4.00. The van der Waals surface area contributed by atoms with Crippen molar-refractivity contribution in [2.24, 2.45) is 5.73 Å². The quantitative estimate of drug-likeness (QED) is 0.896. The molecule has 80 valence electrons. The number of rotatable bonds is 3. The molecule has 2 N–H and O–H groups in total. The number of nitrogens with two attached hydrogens (primary N) is 1. The van der Waals surface area contributed by atoms with Crippen molar-refractivity contribution in [3.8, 4) is 0 Å². The van der Waals surface area contributed by atoms with Crippen LogP contribution in [0.1, 0.15) is 41.3 Å². The number of nitrogens with zero attached hydrogens (tertiary/aromatic N) is 2. The number of hydrogen-bond donors (Lipinski definition) is 1. The molecule has 0 saturated carbocycles. The van der Waals surface area contributed by atoms with Crippen molar-refractivity contribution in [3.05, 3.63) is 33.0 Å². The lowest BCUT2D eigenvalue weighted by molar-refractivity contribution is 0.775. The molecule has 2 aromatic heterocycles. The van der Waals surface area contributed by atoms with E-state index in [0.29, 0.717) is 5.92 Å². The van der Waals surface area contributed by atoms with Gasteiger partial charge in [-0.15, -0.1) is 16.4 Å². The minimum Gasteiger partial charge on any atom is -0.319 e. The van der Waals surface area contributed by atoms with Gasteiger partial charge >= 0.3 is 0 Å². The molecule has 1 atom stereocenters. The van der Waals surface area contributed by atoms with Crippen LogP contribution in [0.25, 0.3) is 0 Å². The van der Waals surface area contributed by atoms with Crippen LogP contribution in [0.15, 0.2) is 17.5 Å². The largest absolute Gasteiger partial charge is 0.319 e. The van der Waals surface area contributed by atoms with Crippen LogP contribution in [0.4, 0.5) is 0 Å². The fraction of sp³-hybridized carbons (Fsp3) is 0.400. The van der Waals surface area contributed by atoms with Gasteiger partial charge in [-0.25, -0.2) is 0 Å².